The summed E-state index contributed by atoms with van der Waals surface area (Å²) in [6.07, 6.45) is 5.64. The van der Waals surface area contributed by atoms with Gasteiger partial charge in [-0.15, -0.1) is 6.58 Å². The van der Waals surface area contributed by atoms with Crippen molar-refractivity contribution in [2.24, 2.45) is 11.8 Å². The van der Waals surface area contributed by atoms with Crippen LogP contribution in [0, 0.1) is 11.8 Å². The largest absolute Gasteiger partial charge is 0.497 e. The molecule has 0 saturated carbocycles. The molecule has 0 N–H and O–H groups in total. The van der Waals surface area contributed by atoms with E-state index in [2.05, 4.69) is 22.5 Å². The van der Waals surface area contributed by atoms with Gasteiger partial charge in [-0.2, -0.15) is 0 Å². The van der Waals surface area contributed by atoms with Crippen molar-refractivity contribution >= 4 is 16.9 Å². The van der Waals surface area contributed by atoms with Crippen LogP contribution in [0.4, 0.5) is 0 Å². The molecule has 6 rings (SSSR count). The number of hydrogen-bond donors (Lipinski definition) is 0. The third-order valence-corrected chi connectivity index (χ3v) is 7.04. The minimum Gasteiger partial charge on any atom is -0.497 e. The van der Waals surface area contributed by atoms with E-state index in [0.29, 0.717) is 17.4 Å². The number of rotatable bonds is 6. The number of carbonyl (C=O) groups is 1. The fourth-order valence-electron chi connectivity index (χ4n) is 5.32. The molecule has 0 radical (unpaired) electrons. The summed E-state index contributed by atoms with van der Waals surface area (Å²) in [5.41, 5.74) is 2.41. The van der Waals surface area contributed by atoms with Gasteiger partial charge in [0, 0.05) is 23.7 Å². The van der Waals surface area contributed by atoms with E-state index in [4.69, 9.17) is 9.47 Å². The Morgan fingerprint density at radius 2 is 2.06 bits per heavy atom. The molecule has 0 spiro atoms. The number of fused-ring (bicyclic) bond motifs is 4. The number of carbonyl (C=O) groups excluding carboxylic acids is 1. The lowest BCUT2D eigenvalue weighted by molar-refractivity contribution is -0.0568. The highest BCUT2D eigenvalue weighted by Crippen LogP contribution is 2.43. The lowest BCUT2D eigenvalue weighted by Crippen LogP contribution is -2.55. The molecule has 2 aromatic carbocycles. The number of pyridine rings is 1. The van der Waals surface area contributed by atoms with E-state index in [0.717, 1.165) is 48.1 Å². The third-order valence-electron chi connectivity index (χ3n) is 7.04. The maximum atomic E-state index is 13.2. The molecule has 3 fully saturated rings. The predicted molar refractivity (Wildman–Crippen MR) is 125 cm³/mol. The molecule has 1 aromatic heterocycles. The van der Waals surface area contributed by atoms with Crippen LogP contribution in [0.2, 0.25) is 0 Å². The number of piperidine rings is 3. The first-order chi connectivity index (χ1) is 15.7. The fourth-order valence-corrected chi connectivity index (χ4v) is 5.32. The van der Waals surface area contributed by atoms with Gasteiger partial charge in [0.1, 0.15) is 11.9 Å². The van der Waals surface area contributed by atoms with Crippen LogP contribution in [0.5, 0.6) is 5.75 Å². The van der Waals surface area contributed by atoms with E-state index in [9.17, 15) is 4.79 Å². The second-order valence-electron chi connectivity index (χ2n) is 8.72. The zero-order valence-electron chi connectivity index (χ0n) is 18.3. The monoisotopic (exact) mass is 428 g/mol. The maximum Gasteiger partial charge on any atom is 0.338 e. The Kier molecular flexibility index (Phi) is 5.66. The summed E-state index contributed by atoms with van der Waals surface area (Å²) in [5.74, 6) is 1.53. The van der Waals surface area contributed by atoms with Crippen LogP contribution in [0.25, 0.3) is 10.9 Å². The molecular formula is C27H28N2O3. The number of esters is 1. The fraction of sp³-hybridized carbons (Fsp3) is 0.333. The van der Waals surface area contributed by atoms with Gasteiger partial charge in [0.2, 0.25) is 0 Å². The first-order valence-corrected chi connectivity index (χ1v) is 11.2. The molecule has 3 saturated heterocycles. The average molecular weight is 429 g/mol. The minimum atomic E-state index is -0.395. The van der Waals surface area contributed by atoms with Crippen LogP contribution < -0.4 is 4.74 Å². The van der Waals surface area contributed by atoms with Gasteiger partial charge in [-0.1, -0.05) is 24.3 Å². The molecule has 4 heterocycles. The summed E-state index contributed by atoms with van der Waals surface area (Å²) >= 11 is 0. The van der Waals surface area contributed by atoms with Crippen LogP contribution in [0.3, 0.4) is 0 Å². The quantitative estimate of drug-likeness (QED) is 0.407. The highest BCUT2D eigenvalue weighted by atomic mass is 16.5. The number of aromatic nitrogens is 1. The molecule has 5 atom stereocenters. The molecule has 164 valence electrons. The summed E-state index contributed by atoms with van der Waals surface area (Å²) in [4.78, 5) is 20.2. The highest BCUT2D eigenvalue weighted by Gasteiger charge is 2.44. The maximum absolute atomic E-state index is 13.2. The Labute approximate surface area is 188 Å². The van der Waals surface area contributed by atoms with Gasteiger partial charge in [0.15, 0.2) is 0 Å². The van der Waals surface area contributed by atoms with Gasteiger partial charge in [0.05, 0.1) is 24.2 Å². The molecule has 2 bridgehead atoms. The summed E-state index contributed by atoms with van der Waals surface area (Å²) in [7, 11) is 1.66. The molecule has 0 amide bonds. The van der Waals surface area contributed by atoms with Crippen molar-refractivity contribution in [2.45, 2.75) is 25.0 Å². The molecular weight excluding hydrogens is 400 g/mol. The second-order valence-corrected chi connectivity index (χ2v) is 8.72. The first kappa shape index (κ1) is 20.7. The van der Waals surface area contributed by atoms with Crippen molar-refractivity contribution < 1.29 is 14.3 Å². The van der Waals surface area contributed by atoms with E-state index in [-0.39, 0.29) is 12.0 Å². The van der Waals surface area contributed by atoms with E-state index in [1.807, 2.05) is 42.5 Å². The standard InChI is InChI=1S/C27H28N2O3/c1-3-18-17-29-14-12-20(18)15-25(29)26(32-27(30)19-7-5-4-6-8-19)22-11-13-28-24-10-9-21(31-2)16-23(22)24/h3-11,13,16,18,20,25-26H,1,12,14-15,17H2,2H3/t18-,20-,25+,26-/m0/s1. The van der Waals surface area contributed by atoms with Crippen molar-refractivity contribution in [1.82, 2.24) is 9.88 Å². The molecule has 1 unspecified atom stereocenters. The molecule has 32 heavy (non-hydrogen) atoms. The van der Waals surface area contributed by atoms with Gasteiger partial charge in [-0.25, -0.2) is 4.79 Å². The van der Waals surface area contributed by atoms with Gasteiger partial charge < -0.3 is 9.47 Å². The van der Waals surface area contributed by atoms with E-state index >= 15 is 0 Å². The van der Waals surface area contributed by atoms with Crippen LogP contribution >= 0.6 is 0 Å². The van der Waals surface area contributed by atoms with Crippen molar-refractivity contribution in [3.63, 3.8) is 0 Å². The topological polar surface area (TPSA) is 51.7 Å². The Bertz CT molecular complexity index is 1130. The Hall–Kier alpha value is -3.18. The zero-order valence-corrected chi connectivity index (χ0v) is 18.3. The number of methoxy groups -OCH3 is 1. The predicted octanol–water partition coefficient (Wildman–Crippen LogP) is 5.04. The van der Waals surface area contributed by atoms with E-state index < -0.39 is 6.10 Å². The van der Waals surface area contributed by atoms with Crippen molar-refractivity contribution in [3.8, 4) is 5.75 Å². The molecule has 3 aromatic rings. The minimum absolute atomic E-state index is 0.120. The Balaban J connectivity index is 1.57. The van der Waals surface area contributed by atoms with E-state index in [1.54, 1.807) is 25.4 Å². The van der Waals surface area contributed by atoms with Crippen LogP contribution in [-0.4, -0.2) is 42.1 Å². The van der Waals surface area contributed by atoms with Crippen LogP contribution in [0.1, 0.15) is 34.9 Å². The van der Waals surface area contributed by atoms with Crippen LogP contribution in [-0.2, 0) is 4.74 Å². The van der Waals surface area contributed by atoms with Gasteiger partial charge in [0.25, 0.3) is 0 Å². The number of nitrogens with zero attached hydrogens (tertiary/aromatic N) is 2. The van der Waals surface area contributed by atoms with Gasteiger partial charge >= 0.3 is 5.97 Å². The zero-order chi connectivity index (χ0) is 22.1. The molecule has 0 aliphatic carbocycles. The second kappa shape index (κ2) is 8.75. The molecule has 5 heteroatoms. The van der Waals surface area contributed by atoms with Gasteiger partial charge in [-0.05, 0) is 67.6 Å². The first-order valence-electron chi connectivity index (χ1n) is 11.2. The number of ether oxygens (including phenoxy) is 2. The average Bonchev–Trinajstić information content (AvgIpc) is 2.87. The van der Waals surface area contributed by atoms with Crippen LogP contribution in [0.15, 0.2) is 73.4 Å². The third kappa shape index (κ3) is 3.78. The molecule has 3 aliphatic rings. The van der Waals surface area contributed by atoms with Crippen molar-refractivity contribution in [3.05, 3.63) is 84.6 Å². The Morgan fingerprint density at radius 1 is 1.22 bits per heavy atom. The molecule has 3 aliphatic heterocycles. The SMILES string of the molecule is C=C[C@H]1CN2CC[C@H]1C[C@@H]2[C@@H](OC(=O)c1ccccc1)c1ccnc2ccc(OC)cc12. The van der Waals surface area contributed by atoms with Gasteiger partial charge in [-0.3, -0.25) is 9.88 Å². The summed E-state index contributed by atoms with van der Waals surface area (Å²) in [5, 5.41) is 0.959. The summed E-state index contributed by atoms with van der Waals surface area (Å²) < 4.78 is 11.8. The number of benzene rings is 2. The normalized spacial score (nSPS) is 25.3. The summed E-state index contributed by atoms with van der Waals surface area (Å²) in [6, 6.07) is 17.2. The van der Waals surface area contributed by atoms with E-state index in [1.165, 1.54) is 0 Å². The Morgan fingerprint density at radius 3 is 2.78 bits per heavy atom. The van der Waals surface area contributed by atoms with Crippen molar-refractivity contribution in [1.29, 1.82) is 0 Å². The summed E-state index contributed by atoms with van der Waals surface area (Å²) in [6.45, 7) is 6.03. The lowest BCUT2D eigenvalue weighted by Gasteiger charge is -2.51. The van der Waals surface area contributed by atoms with Crippen molar-refractivity contribution in [2.75, 3.05) is 20.2 Å². The molecule has 5 nitrogen and oxygen atoms in total. The highest BCUT2D eigenvalue weighted by molar-refractivity contribution is 5.90. The number of hydrogen-bond acceptors (Lipinski definition) is 5. The lowest BCUT2D eigenvalue weighted by atomic mass is 9.73. The smallest absolute Gasteiger partial charge is 0.338 e.